The van der Waals surface area contributed by atoms with Crippen LogP contribution in [-0.4, -0.2) is 38.8 Å². The van der Waals surface area contributed by atoms with Gasteiger partial charge in [-0.2, -0.15) is 0 Å². The Labute approximate surface area is 103 Å². The molecule has 1 aliphatic rings. The summed E-state index contributed by atoms with van der Waals surface area (Å²) in [6.07, 6.45) is 0. The van der Waals surface area contributed by atoms with Crippen LogP contribution < -0.4 is 10.5 Å². The van der Waals surface area contributed by atoms with Crippen molar-refractivity contribution in [3.8, 4) is 0 Å². The normalized spacial score (nSPS) is 17.7. The fourth-order valence-corrected chi connectivity index (χ4v) is 2.82. The zero-order valence-corrected chi connectivity index (χ0v) is 10.9. The van der Waals surface area contributed by atoms with Gasteiger partial charge in [-0.15, -0.1) is 0 Å². The summed E-state index contributed by atoms with van der Waals surface area (Å²) in [5.41, 5.74) is -0.120. The van der Waals surface area contributed by atoms with Crippen LogP contribution in [0.3, 0.4) is 0 Å². The SMILES string of the molecule is CC(C)c1nc(N2CCS(=O)CC2)cc(=O)[nH]1. The number of nitrogens with zero attached hydrogens (tertiary/aromatic N) is 2. The molecule has 1 saturated heterocycles. The summed E-state index contributed by atoms with van der Waals surface area (Å²) in [6.45, 7) is 5.40. The first-order valence-corrected chi connectivity index (χ1v) is 7.26. The molecule has 6 heteroatoms. The van der Waals surface area contributed by atoms with Crippen molar-refractivity contribution in [3.63, 3.8) is 0 Å². The van der Waals surface area contributed by atoms with Crippen LogP contribution >= 0.6 is 0 Å². The lowest BCUT2D eigenvalue weighted by atomic mass is 10.2. The van der Waals surface area contributed by atoms with Crippen LogP contribution in [0.2, 0.25) is 0 Å². The van der Waals surface area contributed by atoms with E-state index in [1.807, 2.05) is 18.7 Å². The summed E-state index contributed by atoms with van der Waals surface area (Å²) in [5, 5.41) is 0. The van der Waals surface area contributed by atoms with E-state index in [-0.39, 0.29) is 11.5 Å². The van der Waals surface area contributed by atoms with Crippen molar-refractivity contribution in [2.45, 2.75) is 19.8 Å². The van der Waals surface area contributed by atoms with Gasteiger partial charge in [0.1, 0.15) is 11.6 Å². The first kappa shape index (κ1) is 12.3. The minimum absolute atomic E-state index is 0.120. The van der Waals surface area contributed by atoms with Crippen LogP contribution in [0.5, 0.6) is 0 Å². The highest BCUT2D eigenvalue weighted by molar-refractivity contribution is 7.85. The Hall–Kier alpha value is -1.17. The number of nitrogens with one attached hydrogen (secondary N) is 1. The number of anilines is 1. The summed E-state index contributed by atoms with van der Waals surface area (Å²) in [6, 6.07) is 1.51. The summed E-state index contributed by atoms with van der Waals surface area (Å²) >= 11 is 0. The molecule has 17 heavy (non-hydrogen) atoms. The third-order valence-electron chi connectivity index (χ3n) is 2.80. The molecule has 0 aliphatic carbocycles. The molecule has 1 fully saturated rings. The standard InChI is InChI=1S/C11H17N3O2S/c1-8(2)11-12-9(7-10(15)13-11)14-3-5-17(16)6-4-14/h7-8H,3-6H2,1-2H3,(H,12,13,15). The zero-order chi connectivity index (χ0) is 12.4. The Kier molecular flexibility index (Phi) is 3.61. The molecule has 0 spiro atoms. The van der Waals surface area contributed by atoms with E-state index < -0.39 is 10.8 Å². The lowest BCUT2D eigenvalue weighted by Gasteiger charge is -2.27. The molecule has 0 aromatic carbocycles. The summed E-state index contributed by atoms with van der Waals surface area (Å²) in [5.74, 6) is 2.92. The highest BCUT2D eigenvalue weighted by atomic mass is 32.2. The van der Waals surface area contributed by atoms with Gasteiger partial charge in [-0.1, -0.05) is 13.8 Å². The molecule has 2 heterocycles. The quantitative estimate of drug-likeness (QED) is 0.834. The van der Waals surface area contributed by atoms with Crippen LogP contribution in [0.15, 0.2) is 10.9 Å². The Morgan fingerprint density at radius 3 is 2.65 bits per heavy atom. The second-order valence-electron chi connectivity index (χ2n) is 4.48. The molecule has 0 unspecified atom stereocenters. The third kappa shape index (κ3) is 2.94. The predicted octanol–water partition coefficient (Wildman–Crippen LogP) is 0.462. The van der Waals surface area contributed by atoms with E-state index in [0.29, 0.717) is 36.2 Å². The summed E-state index contributed by atoms with van der Waals surface area (Å²) in [4.78, 5) is 20.8. The molecule has 1 aliphatic heterocycles. The summed E-state index contributed by atoms with van der Waals surface area (Å²) in [7, 11) is -0.710. The third-order valence-corrected chi connectivity index (χ3v) is 4.07. The van der Waals surface area contributed by atoms with Gasteiger partial charge in [0, 0.05) is 47.4 Å². The highest BCUT2D eigenvalue weighted by Crippen LogP contribution is 2.14. The average Bonchev–Trinajstić information content (AvgIpc) is 2.29. The molecular formula is C11H17N3O2S. The first-order chi connectivity index (χ1) is 8.06. The van der Waals surface area contributed by atoms with Crippen LogP contribution in [0.4, 0.5) is 5.82 Å². The van der Waals surface area contributed by atoms with E-state index in [4.69, 9.17) is 0 Å². The van der Waals surface area contributed by atoms with Gasteiger partial charge in [0.25, 0.3) is 5.56 Å². The molecule has 0 bridgehead atoms. The molecule has 1 aromatic rings. The van der Waals surface area contributed by atoms with Gasteiger partial charge in [-0.05, 0) is 0 Å². The van der Waals surface area contributed by atoms with E-state index in [9.17, 15) is 9.00 Å². The van der Waals surface area contributed by atoms with E-state index in [2.05, 4.69) is 9.97 Å². The molecule has 5 nitrogen and oxygen atoms in total. The minimum atomic E-state index is -0.710. The van der Waals surface area contributed by atoms with Crippen molar-refractivity contribution in [2.75, 3.05) is 29.5 Å². The molecule has 94 valence electrons. The average molecular weight is 255 g/mol. The lowest BCUT2D eigenvalue weighted by molar-refractivity contribution is 0.671. The van der Waals surface area contributed by atoms with Gasteiger partial charge in [0.05, 0.1) is 0 Å². The molecule has 1 N–H and O–H groups in total. The number of aromatic amines is 1. The fraction of sp³-hybridized carbons (Fsp3) is 0.636. The number of rotatable bonds is 2. The van der Waals surface area contributed by atoms with E-state index >= 15 is 0 Å². The molecule has 2 rings (SSSR count). The predicted molar refractivity (Wildman–Crippen MR) is 69.0 cm³/mol. The molecule has 0 atom stereocenters. The van der Waals surface area contributed by atoms with Gasteiger partial charge in [-0.3, -0.25) is 9.00 Å². The number of H-pyrrole nitrogens is 1. The van der Waals surface area contributed by atoms with Crippen molar-refractivity contribution in [2.24, 2.45) is 0 Å². The number of hydrogen-bond donors (Lipinski definition) is 1. The van der Waals surface area contributed by atoms with Gasteiger partial charge in [0.15, 0.2) is 0 Å². The molecule has 0 saturated carbocycles. The first-order valence-electron chi connectivity index (χ1n) is 5.77. The van der Waals surface area contributed by atoms with Gasteiger partial charge < -0.3 is 9.88 Å². The smallest absolute Gasteiger partial charge is 0.252 e. The number of aromatic nitrogens is 2. The Balaban J connectivity index is 2.26. The molecular weight excluding hydrogens is 238 g/mol. The Morgan fingerprint density at radius 2 is 2.06 bits per heavy atom. The van der Waals surface area contributed by atoms with Crippen LogP contribution in [0.1, 0.15) is 25.6 Å². The Morgan fingerprint density at radius 1 is 1.41 bits per heavy atom. The van der Waals surface area contributed by atoms with E-state index in [1.165, 1.54) is 6.07 Å². The van der Waals surface area contributed by atoms with Gasteiger partial charge >= 0.3 is 0 Å². The van der Waals surface area contributed by atoms with Gasteiger partial charge in [-0.25, -0.2) is 4.98 Å². The van der Waals surface area contributed by atoms with Crippen LogP contribution in [0.25, 0.3) is 0 Å². The minimum Gasteiger partial charge on any atom is -0.355 e. The second-order valence-corrected chi connectivity index (χ2v) is 6.17. The van der Waals surface area contributed by atoms with E-state index in [0.717, 1.165) is 0 Å². The maximum Gasteiger partial charge on any atom is 0.252 e. The van der Waals surface area contributed by atoms with Crippen molar-refractivity contribution in [1.82, 2.24) is 9.97 Å². The maximum atomic E-state index is 11.5. The number of hydrogen-bond acceptors (Lipinski definition) is 4. The fourth-order valence-electron chi connectivity index (χ4n) is 1.77. The van der Waals surface area contributed by atoms with Crippen molar-refractivity contribution in [3.05, 3.63) is 22.2 Å². The van der Waals surface area contributed by atoms with Gasteiger partial charge in [0.2, 0.25) is 0 Å². The second kappa shape index (κ2) is 5.00. The van der Waals surface area contributed by atoms with Crippen molar-refractivity contribution in [1.29, 1.82) is 0 Å². The van der Waals surface area contributed by atoms with Crippen LogP contribution in [0, 0.1) is 0 Å². The maximum absolute atomic E-state index is 11.5. The Bertz CT molecular complexity index is 474. The molecule has 0 amide bonds. The lowest BCUT2D eigenvalue weighted by Crippen LogP contribution is -2.39. The summed E-state index contributed by atoms with van der Waals surface area (Å²) < 4.78 is 11.3. The monoisotopic (exact) mass is 255 g/mol. The van der Waals surface area contributed by atoms with Crippen molar-refractivity contribution < 1.29 is 4.21 Å². The zero-order valence-electron chi connectivity index (χ0n) is 10.1. The van der Waals surface area contributed by atoms with Crippen LogP contribution in [-0.2, 0) is 10.8 Å². The van der Waals surface area contributed by atoms with E-state index in [1.54, 1.807) is 0 Å². The largest absolute Gasteiger partial charge is 0.355 e. The highest BCUT2D eigenvalue weighted by Gasteiger charge is 2.17. The topological polar surface area (TPSA) is 66.1 Å². The molecule has 1 aromatic heterocycles. The van der Waals surface area contributed by atoms with Crippen molar-refractivity contribution >= 4 is 16.6 Å². The molecule has 0 radical (unpaired) electrons.